The Kier molecular flexibility index (Phi) is 2.36. The highest BCUT2D eigenvalue weighted by molar-refractivity contribution is 9.10. The first-order chi connectivity index (χ1) is 7.08. The van der Waals surface area contributed by atoms with Crippen molar-refractivity contribution in [3.8, 4) is 0 Å². The first kappa shape index (κ1) is 9.97. The predicted octanol–water partition coefficient (Wildman–Crippen LogP) is 2.43. The lowest BCUT2D eigenvalue weighted by molar-refractivity contribution is 0.209. The fourth-order valence-corrected chi connectivity index (χ4v) is 1.77. The van der Waals surface area contributed by atoms with Gasteiger partial charge in [-0.3, -0.25) is 10.00 Å². The fourth-order valence-electron chi connectivity index (χ4n) is 1.42. The van der Waals surface area contributed by atoms with Crippen LogP contribution in [0, 0.1) is 0 Å². The highest BCUT2D eigenvalue weighted by Crippen LogP contribution is 2.25. The number of nitrogens with zero attached hydrogens (tertiary/aromatic N) is 2. The molecule has 1 heterocycles. The molecule has 0 aliphatic carbocycles. The maximum Gasteiger partial charge on any atom is 0.410 e. The zero-order valence-electron chi connectivity index (χ0n) is 7.86. The summed E-state index contributed by atoms with van der Waals surface area (Å²) >= 11 is 3.35. The summed E-state index contributed by atoms with van der Waals surface area (Å²) in [6, 6.07) is 5.55. The lowest BCUT2D eigenvalue weighted by Gasteiger charge is -1.95. The van der Waals surface area contributed by atoms with Crippen LogP contribution in [-0.2, 0) is 7.05 Å². The van der Waals surface area contributed by atoms with E-state index in [1.165, 1.54) is 0 Å². The number of anilines is 1. The van der Waals surface area contributed by atoms with Crippen LogP contribution in [0.1, 0.15) is 0 Å². The van der Waals surface area contributed by atoms with E-state index < -0.39 is 6.09 Å². The Morgan fingerprint density at radius 1 is 1.60 bits per heavy atom. The van der Waals surface area contributed by atoms with Gasteiger partial charge in [-0.05, 0) is 18.2 Å². The van der Waals surface area contributed by atoms with Gasteiger partial charge in [0.05, 0.1) is 5.52 Å². The molecule has 1 amide bonds. The minimum absolute atomic E-state index is 0.354. The summed E-state index contributed by atoms with van der Waals surface area (Å²) in [5.41, 5.74) is 0.869. The molecule has 1 aromatic heterocycles. The molecule has 1 aromatic carbocycles. The van der Waals surface area contributed by atoms with Crippen molar-refractivity contribution < 1.29 is 9.90 Å². The monoisotopic (exact) mass is 269 g/mol. The number of amides is 1. The molecule has 0 saturated carbocycles. The molecule has 0 spiro atoms. The van der Waals surface area contributed by atoms with Gasteiger partial charge in [-0.15, -0.1) is 0 Å². The minimum Gasteiger partial charge on any atom is -0.465 e. The Bertz CT molecular complexity index is 535. The SMILES string of the molecule is Cn1nc(NC(=O)O)c2ccc(Br)cc21. The highest BCUT2D eigenvalue weighted by atomic mass is 79.9. The first-order valence-corrected chi connectivity index (χ1v) is 4.99. The number of hydrogen-bond acceptors (Lipinski definition) is 2. The summed E-state index contributed by atoms with van der Waals surface area (Å²) in [6.45, 7) is 0. The summed E-state index contributed by atoms with van der Waals surface area (Å²) in [5, 5.41) is 15.7. The summed E-state index contributed by atoms with van der Waals surface area (Å²) in [5.74, 6) is 0.354. The minimum atomic E-state index is -1.11. The molecule has 15 heavy (non-hydrogen) atoms. The van der Waals surface area contributed by atoms with E-state index in [9.17, 15) is 4.79 Å². The quantitative estimate of drug-likeness (QED) is 0.836. The van der Waals surface area contributed by atoms with Crippen molar-refractivity contribution in [2.45, 2.75) is 0 Å². The Morgan fingerprint density at radius 3 is 3.00 bits per heavy atom. The molecule has 0 fully saturated rings. The van der Waals surface area contributed by atoms with E-state index in [1.54, 1.807) is 11.7 Å². The summed E-state index contributed by atoms with van der Waals surface area (Å²) in [4.78, 5) is 10.5. The van der Waals surface area contributed by atoms with Crippen molar-refractivity contribution in [3.63, 3.8) is 0 Å². The van der Waals surface area contributed by atoms with Gasteiger partial charge >= 0.3 is 6.09 Å². The number of hydrogen-bond donors (Lipinski definition) is 2. The van der Waals surface area contributed by atoms with Gasteiger partial charge in [-0.2, -0.15) is 5.10 Å². The second-order valence-electron chi connectivity index (χ2n) is 3.06. The van der Waals surface area contributed by atoms with Crippen LogP contribution in [0.2, 0.25) is 0 Å². The van der Waals surface area contributed by atoms with Crippen molar-refractivity contribution in [1.82, 2.24) is 9.78 Å². The van der Waals surface area contributed by atoms with Gasteiger partial charge in [0.2, 0.25) is 0 Å². The second-order valence-corrected chi connectivity index (χ2v) is 3.98. The lowest BCUT2D eigenvalue weighted by Crippen LogP contribution is -2.08. The molecule has 78 valence electrons. The van der Waals surface area contributed by atoms with Gasteiger partial charge in [0, 0.05) is 16.9 Å². The van der Waals surface area contributed by atoms with Gasteiger partial charge < -0.3 is 5.11 Å². The third kappa shape index (κ3) is 1.80. The normalized spacial score (nSPS) is 10.5. The van der Waals surface area contributed by atoms with Gasteiger partial charge in [0.1, 0.15) is 0 Å². The molecule has 0 atom stereocenters. The van der Waals surface area contributed by atoms with Crippen molar-refractivity contribution in [2.24, 2.45) is 7.05 Å². The van der Waals surface area contributed by atoms with Crippen LogP contribution >= 0.6 is 15.9 Å². The predicted molar refractivity (Wildman–Crippen MR) is 60.1 cm³/mol. The van der Waals surface area contributed by atoms with Gasteiger partial charge in [-0.1, -0.05) is 15.9 Å². The number of fused-ring (bicyclic) bond motifs is 1. The third-order valence-corrected chi connectivity index (χ3v) is 2.53. The van der Waals surface area contributed by atoms with Gasteiger partial charge in [0.25, 0.3) is 0 Å². The van der Waals surface area contributed by atoms with Gasteiger partial charge in [0.15, 0.2) is 5.82 Å². The smallest absolute Gasteiger partial charge is 0.410 e. The molecular formula is C9H8BrN3O2. The molecule has 2 rings (SSSR count). The number of carbonyl (C=O) groups is 1. The topological polar surface area (TPSA) is 67.2 Å². The Morgan fingerprint density at radius 2 is 2.33 bits per heavy atom. The third-order valence-electron chi connectivity index (χ3n) is 2.04. The number of halogens is 1. The Labute approximate surface area is 93.8 Å². The average Bonchev–Trinajstić information content (AvgIpc) is 2.42. The molecule has 0 unspecified atom stereocenters. The molecule has 0 aliphatic rings. The first-order valence-electron chi connectivity index (χ1n) is 4.20. The largest absolute Gasteiger partial charge is 0.465 e. The van der Waals surface area contributed by atoms with Crippen LogP contribution < -0.4 is 5.32 Å². The van der Waals surface area contributed by atoms with E-state index >= 15 is 0 Å². The molecule has 2 aromatic rings. The van der Waals surface area contributed by atoms with Crippen LogP contribution in [0.4, 0.5) is 10.6 Å². The van der Waals surface area contributed by atoms with E-state index in [1.807, 2.05) is 18.2 Å². The fraction of sp³-hybridized carbons (Fsp3) is 0.111. The van der Waals surface area contributed by atoms with Gasteiger partial charge in [-0.25, -0.2) is 4.79 Å². The van der Waals surface area contributed by atoms with E-state index in [0.29, 0.717) is 5.82 Å². The summed E-state index contributed by atoms with van der Waals surface area (Å²) < 4.78 is 2.56. The molecule has 0 saturated heterocycles. The standard InChI is InChI=1S/C9H8BrN3O2/c1-13-7-4-5(10)2-3-6(7)8(12-13)11-9(14)15/h2-4H,1H3,(H,11,12)(H,14,15). The van der Waals surface area contributed by atoms with Crippen LogP contribution in [0.15, 0.2) is 22.7 Å². The number of aromatic nitrogens is 2. The van der Waals surface area contributed by atoms with Crippen molar-refractivity contribution in [1.29, 1.82) is 0 Å². The van der Waals surface area contributed by atoms with E-state index in [0.717, 1.165) is 15.4 Å². The average molecular weight is 270 g/mol. The van der Waals surface area contributed by atoms with E-state index in [2.05, 4.69) is 26.3 Å². The molecule has 6 heteroatoms. The molecule has 2 N–H and O–H groups in total. The number of aryl methyl sites for hydroxylation is 1. The summed E-state index contributed by atoms with van der Waals surface area (Å²) in [7, 11) is 1.77. The molecule has 5 nitrogen and oxygen atoms in total. The van der Waals surface area contributed by atoms with Crippen molar-refractivity contribution in [3.05, 3.63) is 22.7 Å². The number of benzene rings is 1. The number of rotatable bonds is 1. The maximum atomic E-state index is 10.5. The highest BCUT2D eigenvalue weighted by Gasteiger charge is 2.10. The van der Waals surface area contributed by atoms with Crippen LogP contribution in [0.5, 0.6) is 0 Å². The van der Waals surface area contributed by atoms with E-state index in [-0.39, 0.29) is 0 Å². The summed E-state index contributed by atoms with van der Waals surface area (Å²) in [6.07, 6.45) is -1.11. The number of carboxylic acid groups (broad SMARTS) is 1. The van der Waals surface area contributed by atoms with E-state index in [4.69, 9.17) is 5.11 Å². The Balaban J connectivity index is 2.62. The zero-order chi connectivity index (χ0) is 11.0. The molecular weight excluding hydrogens is 262 g/mol. The molecule has 0 radical (unpaired) electrons. The van der Waals surface area contributed by atoms with Crippen molar-refractivity contribution in [2.75, 3.05) is 5.32 Å². The Hall–Kier alpha value is -1.56. The van der Waals surface area contributed by atoms with Crippen LogP contribution in [0.3, 0.4) is 0 Å². The second kappa shape index (κ2) is 3.54. The molecule has 0 bridgehead atoms. The number of nitrogens with one attached hydrogen (secondary N) is 1. The maximum absolute atomic E-state index is 10.5. The van der Waals surface area contributed by atoms with Crippen molar-refractivity contribution >= 4 is 38.7 Å². The zero-order valence-corrected chi connectivity index (χ0v) is 9.45. The lowest BCUT2D eigenvalue weighted by atomic mass is 10.2. The van der Waals surface area contributed by atoms with Crippen LogP contribution in [0.25, 0.3) is 10.9 Å². The van der Waals surface area contributed by atoms with Crippen LogP contribution in [-0.4, -0.2) is 21.0 Å². The molecule has 0 aliphatic heterocycles.